The van der Waals surface area contributed by atoms with Crippen molar-refractivity contribution in [2.24, 2.45) is 11.3 Å². The van der Waals surface area contributed by atoms with Crippen LogP contribution in [0.2, 0.25) is 6.32 Å². The van der Waals surface area contributed by atoms with Gasteiger partial charge in [0.15, 0.2) is 0 Å². The zero-order valence-corrected chi connectivity index (χ0v) is 7.72. The van der Waals surface area contributed by atoms with Crippen LogP contribution >= 0.6 is 0 Å². The molecule has 1 rings (SSSR count). The van der Waals surface area contributed by atoms with Gasteiger partial charge in [0.2, 0.25) is 0 Å². The molecule has 11 heavy (non-hydrogen) atoms. The van der Waals surface area contributed by atoms with Crippen molar-refractivity contribution in [2.75, 3.05) is 27.4 Å². The Bertz CT molecular complexity index is 129. The van der Waals surface area contributed by atoms with Gasteiger partial charge in [0.1, 0.15) is 7.85 Å². The maximum atomic E-state index is 5.18. The molecule has 0 amide bonds. The summed E-state index contributed by atoms with van der Waals surface area (Å²) in [7, 11) is 5.78. The van der Waals surface area contributed by atoms with Gasteiger partial charge in [0, 0.05) is 20.8 Å². The normalized spacial score (nSPS) is 35.6. The summed E-state index contributed by atoms with van der Waals surface area (Å²) in [5.74, 6) is 0.748. The summed E-state index contributed by atoms with van der Waals surface area (Å²) in [6.07, 6.45) is 2.50. The maximum Gasteiger partial charge on any atom is 0.102 e. The second-order valence-corrected chi connectivity index (χ2v) is 3.51. The highest BCUT2D eigenvalue weighted by Gasteiger charge is 2.51. The minimum absolute atomic E-state index is 0.463. The predicted octanol–water partition coefficient (Wildman–Crippen LogP) is 0.337. The van der Waals surface area contributed by atoms with Crippen molar-refractivity contribution in [3.05, 3.63) is 0 Å². The van der Waals surface area contributed by atoms with Crippen molar-refractivity contribution in [2.45, 2.75) is 12.7 Å². The van der Waals surface area contributed by atoms with Gasteiger partial charge in [0.25, 0.3) is 0 Å². The van der Waals surface area contributed by atoms with Gasteiger partial charge in [-0.05, 0) is 17.8 Å². The van der Waals surface area contributed by atoms with Crippen LogP contribution in [0.1, 0.15) is 6.42 Å². The van der Waals surface area contributed by atoms with Crippen LogP contribution in [0.5, 0.6) is 0 Å². The molecule has 0 aliphatic heterocycles. The Morgan fingerprint density at radius 2 is 2.18 bits per heavy atom. The zero-order chi connectivity index (χ0) is 8.32. The van der Waals surface area contributed by atoms with E-state index in [0.717, 1.165) is 19.1 Å². The molecule has 0 bridgehead atoms. The molecule has 0 N–H and O–H groups in total. The van der Waals surface area contributed by atoms with E-state index in [1.54, 1.807) is 14.2 Å². The Morgan fingerprint density at radius 1 is 1.45 bits per heavy atom. The third kappa shape index (κ3) is 1.77. The lowest BCUT2D eigenvalue weighted by Gasteiger charge is -2.12. The van der Waals surface area contributed by atoms with Crippen LogP contribution in [0.25, 0.3) is 0 Å². The summed E-state index contributed by atoms with van der Waals surface area (Å²) in [5.41, 5.74) is 0.463. The minimum Gasteiger partial charge on any atom is -0.384 e. The van der Waals surface area contributed by atoms with Crippen LogP contribution in [0, 0.1) is 11.3 Å². The Kier molecular flexibility index (Phi) is 2.96. The van der Waals surface area contributed by atoms with Gasteiger partial charge in [-0.3, -0.25) is 0 Å². The number of methoxy groups -OCH3 is 2. The molecule has 0 aromatic heterocycles. The van der Waals surface area contributed by atoms with E-state index in [1.807, 2.05) is 0 Å². The van der Waals surface area contributed by atoms with Crippen molar-refractivity contribution < 1.29 is 9.47 Å². The lowest BCUT2D eigenvalue weighted by Crippen LogP contribution is -2.13. The topological polar surface area (TPSA) is 18.5 Å². The van der Waals surface area contributed by atoms with Gasteiger partial charge in [-0.15, -0.1) is 0 Å². The van der Waals surface area contributed by atoms with E-state index in [0.29, 0.717) is 5.41 Å². The molecule has 3 heteroatoms. The summed E-state index contributed by atoms with van der Waals surface area (Å²) in [6, 6.07) is 0. The number of rotatable bonds is 5. The average Bonchev–Trinajstić information content (AvgIpc) is 2.66. The molecule has 1 aliphatic rings. The van der Waals surface area contributed by atoms with E-state index < -0.39 is 0 Å². The molecular weight excluding hydrogens is 139 g/mol. The highest BCUT2D eigenvalue weighted by atomic mass is 16.5. The first kappa shape index (κ1) is 9.08. The molecule has 64 valence electrons. The van der Waals surface area contributed by atoms with Gasteiger partial charge in [-0.1, -0.05) is 6.32 Å². The molecule has 2 unspecified atom stereocenters. The fraction of sp³-hybridized carbons (Fsp3) is 1.00. The first-order valence-corrected chi connectivity index (χ1v) is 4.27. The molecule has 2 atom stereocenters. The minimum atomic E-state index is 0.463. The van der Waals surface area contributed by atoms with Crippen LogP contribution in [0.15, 0.2) is 0 Å². The average molecular weight is 156 g/mol. The lowest BCUT2D eigenvalue weighted by molar-refractivity contribution is 0.118. The van der Waals surface area contributed by atoms with Crippen molar-refractivity contribution in [3.63, 3.8) is 0 Å². The predicted molar refractivity (Wildman–Crippen MR) is 47.6 cm³/mol. The molecule has 0 radical (unpaired) electrons. The van der Waals surface area contributed by atoms with Gasteiger partial charge < -0.3 is 9.47 Å². The SMILES string of the molecule is BCC1(COC)CC1COC. The van der Waals surface area contributed by atoms with Crippen molar-refractivity contribution in [1.29, 1.82) is 0 Å². The Hall–Kier alpha value is -0.0151. The molecule has 1 saturated carbocycles. The summed E-state index contributed by atoms with van der Waals surface area (Å²) < 4.78 is 10.3. The molecule has 1 fully saturated rings. The second kappa shape index (κ2) is 3.59. The zero-order valence-electron chi connectivity index (χ0n) is 7.72. The smallest absolute Gasteiger partial charge is 0.102 e. The summed E-state index contributed by atoms with van der Waals surface area (Å²) in [5, 5.41) is 0. The van der Waals surface area contributed by atoms with Crippen molar-refractivity contribution in [3.8, 4) is 0 Å². The molecule has 0 saturated heterocycles. The first-order valence-electron chi connectivity index (χ1n) is 4.27. The molecule has 0 aromatic carbocycles. The van der Waals surface area contributed by atoms with Gasteiger partial charge >= 0.3 is 0 Å². The molecule has 0 spiro atoms. The van der Waals surface area contributed by atoms with Crippen LogP contribution in [-0.4, -0.2) is 35.3 Å². The summed E-state index contributed by atoms with van der Waals surface area (Å²) in [4.78, 5) is 0. The summed E-state index contributed by atoms with van der Waals surface area (Å²) >= 11 is 0. The first-order chi connectivity index (χ1) is 5.29. The highest BCUT2D eigenvalue weighted by Crippen LogP contribution is 2.55. The Labute approximate surface area is 69.7 Å². The van der Waals surface area contributed by atoms with Crippen molar-refractivity contribution >= 4 is 7.85 Å². The largest absolute Gasteiger partial charge is 0.384 e. The standard InChI is InChI=1S/C8H17BO2/c1-10-4-7-3-8(7,5-9)6-11-2/h7H,3-6,9H2,1-2H3. The van der Waals surface area contributed by atoms with Crippen LogP contribution in [0.3, 0.4) is 0 Å². The highest BCUT2D eigenvalue weighted by molar-refractivity contribution is 6.09. The van der Waals surface area contributed by atoms with E-state index in [2.05, 4.69) is 7.85 Å². The molecule has 1 aliphatic carbocycles. The number of hydrogen-bond donors (Lipinski definition) is 0. The van der Waals surface area contributed by atoms with Crippen LogP contribution in [0.4, 0.5) is 0 Å². The van der Waals surface area contributed by atoms with Crippen molar-refractivity contribution in [1.82, 2.24) is 0 Å². The van der Waals surface area contributed by atoms with E-state index in [9.17, 15) is 0 Å². The molecular formula is C8H17BO2. The molecule has 2 nitrogen and oxygen atoms in total. The third-order valence-corrected chi connectivity index (χ3v) is 2.86. The van der Waals surface area contributed by atoms with Gasteiger partial charge in [-0.25, -0.2) is 0 Å². The Morgan fingerprint density at radius 3 is 2.64 bits per heavy atom. The number of hydrogen-bond acceptors (Lipinski definition) is 2. The van der Waals surface area contributed by atoms with E-state index >= 15 is 0 Å². The quantitative estimate of drug-likeness (QED) is 0.534. The molecule has 0 aromatic rings. The fourth-order valence-electron chi connectivity index (χ4n) is 1.87. The second-order valence-electron chi connectivity index (χ2n) is 3.51. The van der Waals surface area contributed by atoms with Gasteiger partial charge in [0.05, 0.1) is 6.61 Å². The maximum absolute atomic E-state index is 5.18. The lowest BCUT2D eigenvalue weighted by atomic mass is 9.87. The fourth-order valence-corrected chi connectivity index (χ4v) is 1.87. The van der Waals surface area contributed by atoms with Gasteiger partial charge in [-0.2, -0.15) is 0 Å². The van der Waals surface area contributed by atoms with Crippen LogP contribution in [-0.2, 0) is 9.47 Å². The monoisotopic (exact) mass is 156 g/mol. The third-order valence-electron chi connectivity index (χ3n) is 2.86. The van der Waals surface area contributed by atoms with Crippen LogP contribution < -0.4 is 0 Å². The van der Waals surface area contributed by atoms with E-state index in [-0.39, 0.29) is 0 Å². The molecule has 0 heterocycles. The summed E-state index contributed by atoms with van der Waals surface area (Å²) in [6.45, 7) is 1.80. The van der Waals surface area contributed by atoms with E-state index in [1.165, 1.54) is 12.7 Å². The number of ether oxygens (including phenoxy) is 2. The van der Waals surface area contributed by atoms with E-state index in [4.69, 9.17) is 9.47 Å². The Balaban J connectivity index is 2.30.